The number of benzene rings is 2. The third-order valence-corrected chi connectivity index (χ3v) is 7.88. The number of esters is 1. The molecule has 236 valence electrons. The van der Waals surface area contributed by atoms with E-state index in [1.165, 1.54) is 52.4 Å². The van der Waals surface area contributed by atoms with Gasteiger partial charge < -0.3 is 9.64 Å². The fourth-order valence-electron chi connectivity index (χ4n) is 5.34. The van der Waals surface area contributed by atoms with Gasteiger partial charge in [0.1, 0.15) is 11.9 Å². The van der Waals surface area contributed by atoms with E-state index in [2.05, 4.69) is 10.3 Å². The summed E-state index contributed by atoms with van der Waals surface area (Å²) in [6, 6.07) is 5.83. The second kappa shape index (κ2) is 11.8. The molecule has 2 unspecified atom stereocenters. The molecule has 0 aliphatic carbocycles. The Morgan fingerprint density at radius 1 is 0.909 bits per heavy atom. The van der Waals surface area contributed by atoms with E-state index in [-0.39, 0.29) is 17.8 Å². The quantitative estimate of drug-likeness (QED) is 0.233. The molecule has 13 heteroatoms. The van der Waals surface area contributed by atoms with Crippen LogP contribution in [0.5, 0.6) is 0 Å². The summed E-state index contributed by atoms with van der Waals surface area (Å²) < 4.78 is 100. The number of pyridine rings is 1. The number of anilines is 1. The molecule has 1 aliphatic rings. The van der Waals surface area contributed by atoms with Crippen molar-refractivity contribution in [1.82, 2.24) is 10.3 Å². The van der Waals surface area contributed by atoms with Crippen LogP contribution in [0.3, 0.4) is 0 Å². The van der Waals surface area contributed by atoms with Crippen LogP contribution in [0.15, 0.2) is 48.7 Å². The van der Waals surface area contributed by atoms with Gasteiger partial charge in [0.05, 0.1) is 47.3 Å². The van der Waals surface area contributed by atoms with Crippen molar-refractivity contribution in [2.24, 2.45) is 0 Å². The van der Waals surface area contributed by atoms with Gasteiger partial charge in [-0.25, -0.2) is 4.39 Å². The molecule has 2 heterocycles. The van der Waals surface area contributed by atoms with Gasteiger partial charge in [0, 0.05) is 12.6 Å². The first-order valence-electron chi connectivity index (χ1n) is 13.5. The number of aryl methyl sites for hydroxylation is 1. The number of likely N-dealkylation sites (N-methyl/N-ethyl adjacent to an activating group) is 1. The largest absolute Gasteiger partial charge is 0.468 e. The fraction of sp³-hybridized carbons (Fsp3) is 0.387. The van der Waals surface area contributed by atoms with E-state index in [0.29, 0.717) is 47.4 Å². The van der Waals surface area contributed by atoms with E-state index in [4.69, 9.17) is 4.74 Å². The second-order valence-corrected chi connectivity index (χ2v) is 11.2. The van der Waals surface area contributed by atoms with Crippen LogP contribution in [-0.4, -0.2) is 37.1 Å². The topological polar surface area (TPSA) is 71.5 Å². The Labute approximate surface area is 249 Å². The third kappa shape index (κ3) is 6.57. The molecule has 0 spiro atoms. The highest BCUT2D eigenvalue weighted by Gasteiger charge is 2.41. The van der Waals surface area contributed by atoms with E-state index in [9.17, 15) is 40.3 Å². The zero-order chi connectivity index (χ0) is 32.8. The number of hydrogen-bond acceptors (Lipinski definition) is 5. The summed E-state index contributed by atoms with van der Waals surface area (Å²) in [6.45, 7) is 4.12. The van der Waals surface area contributed by atoms with Crippen molar-refractivity contribution in [1.29, 1.82) is 0 Å². The van der Waals surface area contributed by atoms with Crippen molar-refractivity contribution >= 4 is 17.6 Å². The van der Waals surface area contributed by atoms with E-state index in [0.717, 1.165) is 4.90 Å². The Balaban J connectivity index is 1.80. The summed E-state index contributed by atoms with van der Waals surface area (Å²) in [5.74, 6) is -1.75. The summed E-state index contributed by atoms with van der Waals surface area (Å²) in [4.78, 5) is 31.5. The highest BCUT2D eigenvalue weighted by molar-refractivity contribution is 6.03. The van der Waals surface area contributed by atoms with E-state index in [1.807, 2.05) is 0 Å². The van der Waals surface area contributed by atoms with Crippen molar-refractivity contribution in [2.75, 3.05) is 19.1 Å². The molecule has 44 heavy (non-hydrogen) atoms. The van der Waals surface area contributed by atoms with Crippen LogP contribution >= 0.6 is 0 Å². The monoisotopic (exact) mass is 625 g/mol. The smallest absolute Gasteiger partial charge is 0.416 e. The zero-order valence-electron chi connectivity index (χ0n) is 24.5. The molecule has 0 radical (unpaired) electrons. The molecule has 2 aromatic carbocycles. The SMILES string of the molecule is COC(=O)C1CCC(c2cc(-c3ccc(F)cc3C)c(N(C)C(=O)C(C)(C)c3cc(C(F)(F)F)cc(C(F)(F)F)c3)cn2)N1. The maximum atomic E-state index is 14.0. The number of carbonyl (C=O) groups excluding carboxylic acids is 2. The number of aromatic nitrogens is 1. The number of amides is 1. The maximum Gasteiger partial charge on any atom is 0.416 e. The molecule has 6 nitrogen and oxygen atoms in total. The third-order valence-electron chi connectivity index (χ3n) is 7.88. The van der Waals surface area contributed by atoms with Gasteiger partial charge in [0.25, 0.3) is 0 Å². The predicted molar refractivity (Wildman–Crippen MR) is 148 cm³/mol. The van der Waals surface area contributed by atoms with Crippen molar-refractivity contribution in [2.45, 2.75) is 63.5 Å². The van der Waals surface area contributed by atoms with Crippen molar-refractivity contribution in [3.8, 4) is 11.1 Å². The van der Waals surface area contributed by atoms with Crippen LogP contribution in [0.4, 0.5) is 36.4 Å². The lowest BCUT2D eigenvalue weighted by atomic mass is 9.81. The molecule has 0 bridgehead atoms. The second-order valence-electron chi connectivity index (χ2n) is 11.2. The number of nitrogens with one attached hydrogen (secondary N) is 1. The number of hydrogen-bond donors (Lipinski definition) is 1. The van der Waals surface area contributed by atoms with Crippen molar-refractivity contribution in [3.63, 3.8) is 0 Å². The molecular formula is C31H30F7N3O3. The number of nitrogens with zero attached hydrogens (tertiary/aromatic N) is 2. The molecule has 1 saturated heterocycles. The lowest BCUT2D eigenvalue weighted by Crippen LogP contribution is -2.42. The fourth-order valence-corrected chi connectivity index (χ4v) is 5.34. The van der Waals surface area contributed by atoms with E-state index >= 15 is 0 Å². The highest BCUT2D eigenvalue weighted by atomic mass is 19.4. The van der Waals surface area contributed by atoms with Gasteiger partial charge in [0.2, 0.25) is 5.91 Å². The number of methoxy groups -OCH3 is 1. The molecule has 1 aliphatic heterocycles. The van der Waals surface area contributed by atoms with Crippen LogP contribution in [-0.2, 0) is 32.1 Å². The number of carbonyl (C=O) groups is 2. The minimum Gasteiger partial charge on any atom is -0.468 e. The molecule has 0 saturated carbocycles. The van der Waals surface area contributed by atoms with Gasteiger partial charge in [-0.1, -0.05) is 6.07 Å². The van der Waals surface area contributed by atoms with Gasteiger partial charge in [-0.2, -0.15) is 26.3 Å². The van der Waals surface area contributed by atoms with E-state index < -0.39 is 58.2 Å². The average Bonchev–Trinajstić information content (AvgIpc) is 3.45. The summed E-state index contributed by atoms with van der Waals surface area (Å²) >= 11 is 0. The first kappa shape index (κ1) is 32.9. The molecule has 1 aromatic heterocycles. The molecule has 1 fully saturated rings. The standard InChI is InChI=1S/C31H30F7N3O3/c1-16-10-20(32)6-7-21(16)22-14-25(23-8-9-24(40-23)27(42)44-5)39-15-26(22)41(4)28(43)29(2,3)17-11-18(30(33,34)35)13-19(12-17)31(36,37)38/h6-7,10-15,23-24,40H,8-9H2,1-5H3. The van der Waals surface area contributed by atoms with Gasteiger partial charge in [-0.15, -0.1) is 0 Å². The first-order chi connectivity index (χ1) is 20.3. The molecule has 3 aromatic rings. The summed E-state index contributed by atoms with van der Waals surface area (Å²) in [5.41, 5.74) is -3.27. The molecule has 2 atom stereocenters. The average molecular weight is 626 g/mol. The van der Waals surface area contributed by atoms with E-state index in [1.54, 1.807) is 13.0 Å². The van der Waals surface area contributed by atoms with Crippen LogP contribution < -0.4 is 10.2 Å². The predicted octanol–water partition coefficient (Wildman–Crippen LogP) is 7.14. The summed E-state index contributed by atoms with van der Waals surface area (Å²) in [7, 11) is 2.61. The summed E-state index contributed by atoms with van der Waals surface area (Å²) in [5, 5.41) is 3.15. The number of rotatable bonds is 6. The Morgan fingerprint density at radius 2 is 1.50 bits per heavy atom. The van der Waals surface area contributed by atoms with Crippen LogP contribution in [0.2, 0.25) is 0 Å². The normalized spacial score (nSPS) is 17.5. The van der Waals surface area contributed by atoms with Crippen LogP contribution in [0, 0.1) is 12.7 Å². The molecule has 1 amide bonds. The Bertz CT molecular complexity index is 1550. The van der Waals surface area contributed by atoms with Crippen LogP contribution in [0.25, 0.3) is 11.1 Å². The van der Waals surface area contributed by atoms with Gasteiger partial charge >= 0.3 is 18.3 Å². The first-order valence-corrected chi connectivity index (χ1v) is 13.5. The van der Waals surface area contributed by atoms with Crippen molar-refractivity contribution < 1.29 is 45.1 Å². The number of ether oxygens (including phenoxy) is 1. The Morgan fingerprint density at radius 3 is 2.05 bits per heavy atom. The number of halogens is 7. The minimum absolute atomic E-state index is 0.00758. The van der Waals surface area contributed by atoms with Crippen molar-refractivity contribution in [3.05, 3.63) is 82.4 Å². The molecular weight excluding hydrogens is 595 g/mol. The highest BCUT2D eigenvalue weighted by Crippen LogP contribution is 2.41. The summed E-state index contributed by atoms with van der Waals surface area (Å²) in [6.07, 6.45) is -7.80. The number of alkyl halides is 6. The lowest BCUT2D eigenvalue weighted by Gasteiger charge is -2.32. The lowest BCUT2D eigenvalue weighted by molar-refractivity contribution is -0.144. The van der Waals surface area contributed by atoms with Gasteiger partial charge in [-0.3, -0.25) is 19.9 Å². The Hall–Kier alpha value is -4.00. The van der Waals surface area contributed by atoms with Gasteiger partial charge in [-0.05, 0) is 86.7 Å². The minimum atomic E-state index is -5.09. The Kier molecular flexibility index (Phi) is 8.85. The van der Waals surface area contributed by atoms with Gasteiger partial charge in [0.15, 0.2) is 0 Å². The molecule has 1 N–H and O–H groups in total. The maximum absolute atomic E-state index is 14.0. The van der Waals surface area contributed by atoms with Crippen LogP contribution in [0.1, 0.15) is 60.7 Å². The molecule has 4 rings (SSSR count). The zero-order valence-corrected chi connectivity index (χ0v) is 24.5.